The SMILES string of the molecule is CS(=O)(=O)N(CC(=O)NCc1cccc2ccccc12)c1ccc(F)cc1. The van der Waals surface area contributed by atoms with Gasteiger partial charge in [0.2, 0.25) is 15.9 Å². The van der Waals surface area contributed by atoms with Gasteiger partial charge in [0.1, 0.15) is 12.4 Å². The Morgan fingerprint density at radius 3 is 2.37 bits per heavy atom. The molecule has 0 fully saturated rings. The molecule has 3 rings (SSSR count). The Kier molecular flexibility index (Phi) is 5.41. The second kappa shape index (κ2) is 7.75. The van der Waals surface area contributed by atoms with Crippen LogP contribution in [0.5, 0.6) is 0 Å². The van der Waals surface area contributed by atoms with Gasteiger partial charge in [-0.3, -0.25) is 9.10 Å². The van der Waals surface area contributed by atoms with Crippen molar-refractivity contribution in [1.82, 2.24) is 5.32 Å². The molecule has 1 N–H and O–H groups in total. The minimum atomic E-state index is -3.69. The fraction of sp³-hybridized carbons (Fsp3) is 0.150. The van der Waals surface area contributed by atoms with Gasteiger partial charge in [0, 0.05) is 6.54 Å². The first-order valence-electron chi connectivity index (χ1n) is 8.31. The van der Waals surface area contributed by atoms with Gasteiger partial charge in [0.05, 0.1) is 11.9 Å². The number of amides is 1. The molecule has 0 radical (unpaired) electrons. The summed E-state index contributed by atoms with van der Waals surface area (Å²) < 4.78 is 38.2. The summed E-state index contributed by atoms with van der Waals surface area (Å²) in [5, 5.41) is 4.85. The van der Waals surface area contributed by atoms with E-state index in [9.17, 15) is 17.6 Å². The number of hydrogen-bond acceptors (Lipinski definition) is 3. The molecule has 0 spiro atoms. The highest BCUT2D eigenvalue weighted by atomic mass is 32.2. The zero-order chi connectivity index (χ0) is 19.4. The lowest BCUT2D eigenvalue weighted by atomic mass is 10.0. The second-order valence-corrected chi connectivity index (χ2v) is 8.07. The number of rotatable bonds is 6. The van der Waals surface area contributed by atoms with Crippen molar-refractivity contribution in [3.63, 3.8) is 0 Å². The van der Waals surface area contributed by atoms with Gasteiger partial charge in [-0.25, -0.2) is 12.8 Å². The second-order valence-electron chi connectivity index (χ2n) is 6.16. The van der Waals surface area contributed by atoms with Crippen LogP contribution in [0.2, 0.25) is 0 Å². The molecule has 0 saturated carbocycles. The van der Waals surface area contributed by atoms with Crippen LogP contribution in [-0.4, -0.2) is 27.1 Å². The lowest BCUT2D eigenvalue weighted by Gasteiger charge is -2.22. The maximum atomic E-state index is 13.1. The summed E-state index contributed by atoms with van der Waals surface area (Å²) >= 11 is 0. The summed E-state index contributed by atoms with van der Waals surface area (Å²) in [4.78, 5) is 12.4. The minimum Gasteiger partial charge on any atom is -0.350 e. The summed E-state index contributed by atoms with van der Waals surface area (Å²) in [6.45, 7) is -0.101. The van der Waals surface area contributed by atoms with Gasteiger partial charge < -0.3 is 5.32 Å². The molecule has 3 aromatic rings. The Hall–Kier alpha value is -2.93. The van der Waals surface area contributed by atoms with Gasteiger partial charge >= 0.3 is 0 Å². The Balaban J connectivity index is 1.74. The number of fused-ring (bicyclic) bond motifs is 1. The topological polar surface area (TPSA) is 66.5 Å². The number of carbonyl (C=O) groups excluding carboxylic acids is 1. The molecule has 0 aliphatic heterocycles. The monoisotopic (exact) mass is 386 g/mol. The van der Waals surface area contributed by atoms with Crippen molar-refractivity contribution in [2.24, 2.45) is 0 Å². The molecule has 5 nitrogen and oxygen atoms in total. The first kappa shape index (κ1) is 18.8. The predicted octanol–water partition coefficient (Wildman–Crippen LogP) is 3.06. The van der Waals surface area contributed by atoms with Crippen LogP contribution in [0.15, 0.2) is 66.7 Å². The number of carbonyl (C=O) groups is 1. The number of nitrogens with one attached hydrogen (secondary N) is 1. The number of anilines is 1. The molecule has 0 aliphatic rings. The lowest BCUT2D eigenvalue weighted by Crippen LogP contribution is -2.40. The molecule has 0 bridgehead atoms. The van der Waals surface area contributed by atoms with Gasteiger partial charge in [-0.05, 0) is 40.6 Å². The van der Waals surface area contributed by atoms with Crippen LogP contribution in [0, 0.1) is 5.82 Å². The third kappa shape index (κ3) is 4.62. The van der Waals surface area contributed by atoms with Crippen molar-refractivity contribution < 1.29 is 17.6 Å². The molecule has 1 amide bonds. The Morgan fingerprint density at radius 2 is 1.67 bits per heavy atom. The molecule has 0 heterocycles. The molecule has 140 valence electrons. The summed E-state index contributed by atoms with van der Waals surface area (Å²) in [5.41, 5.74) is 1.17. The van der Waals surface area contributed by atoms with E-state index in [0.717, 1.165) is 39.0 Å². The highest BCUT2D eigenvalue weighted by molar-refractivity contribution is 7.92. The van der Waals surface area contributed by atoms with Gasteiger partial charge in [-0.2, -0.15) is 0 Å². The van der Waals surface area contributed by atoms with Crippen LogP contribution in [0.3, 0.4) is 0 Å². The van der Waals surface area contributed by atoms with E-state index in [1.165, 1.54) is 12.1 Å². The first-order chi connectivity index (χ1) is 12.8. The van der Waals surface area contributed by atoms with E-state index in [1.54, 1.807) is 0 Å². The molecule has 7 heteroatoms. The van der Waals surface area contributed by atoms with Crippen LogP contribution in [-0.2, 0) is 21.4 Å². The summed E-state index contributed by atoms with van der Waals surface area (Å²) in [6, 6.07) is 18.6. The minimum absolute atomic E-state index is 0.235. The third-order valence-electron chi connectivity index (χ3n) is 4.16. The number of benzene rings is 3. The van der Waals surface area contributed by atoms with E-state index < -0.39 is 21.7 Å². The zero-order valence-corrected chi connectivity index (χ0v) is 15.5. The highest BCUT2D eigenvalue weighted by Gasteiger charge is 2.20. The van der Waals surface area contributed by atoms with Crippen molar-refractivity contribution in [2.45, 2.75) is 6.54 Å². The number of sulfonamides is 1. The largest absolute Gasteiger partial charge is 0.350 e. The fourth-order valence-electron chi connectivity index (χ4n) is 2.83. The normalized spacial score (nSPS) is 11.3. The molecular weight excluding hydrogens is 367 g/mol. The van der Waals surface area contributed by atoms with Gasteiger partial charge in [0.25, 0.3) is 0 Å². The average Bonchev–Trinajstić information content (AvgIpc) is 2.64. The van der Waals surface area contributed by atoms with Gasteiger partial charge in [0.15, 0.2) is 0 Å². The van der Waals surface area contributed by atoms with Crippen molar-refractivity contribution in [3.05, 3.63) is 78.1 Å². The van der Waals surface area contributed by atoms with E-state index >= 15 is 0 Å². The summed E-state index contributed by atoms with van der Waals surface area (Å²) in [6.07, 6.45) is 1.01. The lowest BCUT2D eigenvalue weighted by molar-refractivity contribution is -0.119. The van der Waals surface area contributed by atoms with Gasteiger partial charge in [-0.15, -0.1) is 0 Å². The van der Waals surface area contributed by atoms with E-state index in [1.807, 2.05) is 42.5 Å². The van der Waals surface area contributed by atoms with Crippen molar-refractivity contribution in [3.8, 4) is 0 Å². The molecule has 0 saturated heterocycles. The zero-order valence-electron chi connectivity index (χ0n) is 14.7. The Labute approximate surface area is 157 Å². The molecule has 0 atom stereocenters. The summed E-state index contributed by atoms with van der Waals surface area (Å²) in [5.74, 6) is -0.926. The van der Waals surface area contributed by atoms with Crippen molar-refractivity contribution in [1.29, 1.82) is 0 Å². The number of halogens is 1. The molecular formula is C20H19FN2O3S. The van der Waals surface area contributed by atoms with E-state index in [-0.39, 0.29) is 18.8 Å². The van der Waals surface area contributed by atoms with Crippen LogP contribution >= 0.6 is 0 Å². The van der Waals surface area contributed by atoms with Crippen LogP contribution in [0.25, 0.3) is 10.8 Å². The molecule has 3 aromatic carbocycles. The highest BCUT2D eigenvalue weighted by Crippen LogP contribution is 2.19. The standard InChI is InChI=1S/C20H19FN2O3S/c1-27(25,26)23(18-11-9-17(21)10-12-18)14-20(24)22-13-16-7-4-6-15-5-2-3-8-19(15)16/h2-12H,13-14H2,1H3,(H,22,24). The number of nitrogens with zero attached hydrogens (tertiary/aromatic N) is 1. The van der Waals surface area contributed by atoms with Crippen molar-refractivity contribution >= 4 is 32.4 Å². The van der Waals surface area contributed by atoms with E-state index in [0.29, 0.717) is 0 Å². The van der Waals surface area contributed by atoms with Crippen LogP contribution < -0.4 is 9.62 Å². The Morgan fingerprint density at radius 1 is 1.00 bits per heavy atom. The first-order valence-corrected chi connectivity index (χ1v) is 10.2. The maximum Gasteiger partial charge on any atom is 0.241 e. The molecule has 27 heavy (non-hydrogen) atoms. The molecule has 0 aliphatic carbocycles. The number of hydrogen-bond donors (Lipinski definition) is 1. The summed E-state index contributed by atoms with van der Waals surface area (Å²) in [7, 11) is -3.69. The quantitative estimate of drug-likeness (QED) is 0.708. The fourth-order valence-corrected chi connectivity index (χ4v) is 3.69. The van der Waals surface area contributed by atoms with Crippen LogP contribution in [0.4, 0.5) is 10.1 Å². The molecule has 0 unspecified atom stereocenters. The smallest absolute Gasteiger partial charge is 0.241 e. The molecule has 0 aromatic heterocycles. The van der Waals surface area contributed by atoms with Crippen molar-refractivity contribution in [2.75, 3.05) is 17.1 Å². The van der Waals surface area contributed by atoms with Crippen LogP contribution in [0.1, 0.15) is 5.56 Å². The average molecular weight is 386 g/mol. The Bertz CT molecular complexity index is 1060. The maximum absolute atomic E-state index is 13.1. The van der Waals surface area contributed by atoms with Gasteiger partial charge in [-0.1, -0.05) is 42.5 Å². The van der Waals surface area contributed by atoms with E-state index in [4.69, 9.17) is 0 Å². The third-order valence-corrected chi connectivity index (χ3v) is 5.30. The predicted molar refractivity (Wildman–Crippen MR) is 104 cm³/mol. The van der Waals surface area contributed by atoms with E-state index in [2.05, 4.69) is 5.32 Å².